The van der Waals surface area contributed by atoms with Gasteiger partial charge in [-0.1, -0.05) is 32.0 Å². The van der Waals surface area contributed by atoms with E-state index in [2.05, 4.69) is 4.72 Å². The van der Waals surface area contributed by atoms with Crippen LogP contribution in [0.25, 0.3) is 0 Å². The summed E-state index contributed by atoms with van der Waals surface area (Å²) in [4.78, 5) is 10.9. The second-order valence-corrected chi connectivity index (χ2v) is 6.28. The van der Waals surface area contributed by atoms with Gasteiger partial charge in [-0.3, -0.25) is 4.79 Å². The number of hydrogen-bond donors (Lipinski definition) is 2. The minimum atomic E-state index is -3.92. The molecule has 0 saturated carbocycles. The van der Waals surface area contributed by atoms with Crippen LogP contribution in [0.5, 0.6) is 0 Å². The Bertz CT molecular complexity index is 557. The van der Waals surface area contributed by atoms with E-state index < -0.39 is 39.5 Å². The lowest BCUT2D eigenvalue weighted by Gasteiger charge is -2.18. The van der Waals surface area contributed by atoms with Crippen molar-refractivity contribution in [1.29, 1.82) is 0 Å². The largest absolute Gasteiger partial charge is 0.480 e. The van der Waals surface area contributed by atoms with E-state index in [-0.39, 0.29) is 5.56 Å². The van der Waals surface area contributed by atoms with Crippen LogP contribution in [0.1, 0.15) is 19.4 Å². The first kappa shape index (κ1) is 15.6. The van der Waals surface area contributed by atoms with E-state index in [0.29, 0.717) is 0 Å². The fourth-order valence-electron chi connectivity index (χ4n) is 1.53. The zero-order chi connectivity index (χ0) is 14.6. The van der Waals surface area contributed by atoms with Crippen LogP contribution in [0, 0.1) is 11.7 Å². The van der Waals surface area contributed by atoms with Crippen LogP contribution >= 0.6 is 0 Å². The van der Waals surface area contributed by atoms with Gasteiger partial charge in [0.05, 0.1) is 5.75 Å². The number of rotatable bonds is 6. The van der Waals surface area contributed by atoms with E-state index in [0.717, 1.165) is 6.07 Å². The van der Waals surface area contributed by atoms with Gasteiger partial charge in [-0.05, 0) is 12.0 Å². The second-order valence-electron chi connectivity index (χ2n) is 4.53. The SMILES string of the molecule is CC(C)[C@@H](NS(=O)(=O)Cc1ccccc1F)C(=O)O. The molecule has 0 aliphatic rings. The highest BCUT2D eigenvalue weighted by Crippen LogP contribution is 2.12. The first-order valence-electron chi connectivity index (χ1n) is 5.69. The Kier molecular flexibility index (Phi) is 5.02. The summed E-state index contributed by atoms with van der Waals surface area (Å²) in [6.45, 7) is 3.18. The molecule has 0 aliphatic heterocycles. The second kappa shape index (κ2) is 6.12. The van der Waals surface area contributed by atoms with E-state index in [1.165, 1.54) is 18.2 Å². The fraction of sp³-hybridized carbons (Fsp3) is 0.417. The molecule has 0 amide bonds. The van der Waals surface area contributed by atoms with Crippen LogP contribution in [0.3, 0.4) is 0 Å². The third kappa shape index (κ3) is 4.60. The number of halogens is 1. The molecule has 0 radical (unpaired) electrons. The molecule has 0 unspecified atom stereocenters. The van der Waals surface area contributed by atoms with Gasteiger partial charge >= 0.3 is 5.97 Å². The van der Waals surface area contributed by atoms with Crippen molar-refractivity contribution >= 4 is 16.0 Å². The lowest BCUT2D eigenvalue weighted by molar-refractivity contribution is -0.140. The van der Waals surface area contributed by atoms with Crippen molar-refractivity contribution in [3.8, 4) is 0 Å². The molecule has 0 heterocycles. The zero-order valence-electron chi connectivity index (χ0n) is 10.6. The number of sulfonamides is 1. The molecule has 19 heavy (non-hydrogen) atoms. The van der Waals surface area contributed by atoms with Gasteiger partial charge in [0.1, 0.15) is 11.9 Å². The maximum absolute atomic E-state index is 13.4. The van der Waals surface area contributed by atoms with Crippen LogP contribution in [0.4, 0.5) is 4.39 Å². The zero-order valence-corrected chi connectivity index (χ0v) is 11.4. The minimum Gasteiger partial charge on any atom is -0.480 e. The quantitative estimate of drug-likeness (QED) is 0.828. The van der Waals surface area contributed by atoms with Gasteiger partial charge in [-0.15, -0.1) is 0 Å². The summed E-state index contributed by atoms with van der Waals surface area (Å²) in [5.41, 5.74) is 0.00268. The fourth-order valence-corrected chi connectivity index (χ4v) is 3.01. The molecule has 1 rings (SSSR count). The predicted molar refractivity (Wildman–Crippen MR) is 68.4 cm³/mol. The van der Waals surface area contributed by atoms with Crippen molar-refractivity contribution in [2.24, 2.45) is 5.92 Å². The third-order valence-corrected chi connectivity index (χ3v) is 3.85. The number of aliphatic carboxylic acids is 1. The molecule has 1 atom stereocenters. The number of hydrogen-bond acceptors (Lipinski definition) is 3. The molecule has 7 heteroatoms. The van der Waals surface area contributed by atoms with Crippen LogP contribution in [-0.2, 0) is 20.6 Å². The first-order valence-corrected chi connectivity index (χ1v) is 7.34. The van der Waals surface area contributed by atoms with Crippen LogP contribution in [0.2, 0.25) is 0 Å². The van der Waals surface area contributed by atoms with Gasteiger partial charge in [0.15, 0.2) is 0 Å². The molecule has 0 bridgehead atoms. The highest BCUT2D eigenvalue weighted by atomic mass is 32.2. The van der Waals surface area contributed by atoms with Crippen LogP contribution < -0.4 is 4.72 Å². The van der Waals surface area contributed by atoms with E-state index >= 15 is 0 Å². The molecular formula is C12H16FNO4S. The van der Waals surface area contributed by atoms with E-state index in [1.807, 2.05) is 0 Å². The van der Waals surface area contributed by atoms with Crippen molar-refractivity contribution in [1.82, 2.24) is 4.72 Å². The van der Waals surface area contributed by atoms with E-state index in [1.54, 1.807) is 13.8 Å². The summed E-state index contributed by atoms with van der Waals surface area (Å²) in [6.07, 6.45) is 0. The van der Waals surface area contributed by atoms with E-state index in [4.69, 9.17) is 5.11 Å². The summed E-state index contributed by atoms with van der Waals surface area (Å²) < 4.78 is 39.1. The molecule has 0 aromatic heterocycles. The van der Waals surface area contributed by atoms with Gasteiger partial charge in [0.2, 0.25) is 10.0 Å². The molecule has 2 N–H and O–H groups in total. The maximum atomic E-state index is 13.4. The molecule has 0 fully saturated rings. The average molecular weight is 289 g/mol. The third-order valence-electron chi connectivity index (χ3n) is 2.54. The smallest absolute Gasteiger partial charge is 0.321 e. The summed E-state index contributed by atoms with van der Waals surface area (Å²) >= 11 is 0. The molecule has 0 aliphatic carbocycles. The summed E-state index contributed by atoms with van der Waals surface area (Å²) in [5.74, 6) is -2.89. The Morgan fingerprint density at radius 3 is 2.42 bits per heavy atom. The Morgan fingerprint density at radius 2 is 1.95 bits per heavy atom. The topological polar surface area (TPSA) is 83.5 Å². The normalized spacial score (nSPS) is 13.5. The van der Waals surface area contributed by atoms with Gasteiger partial charge in [0.25, 0.3) is 0 Å². The monoisotopic (exact) mass is 289 g/mol. The molecule has 0 saturated heterocycles. The molecule has 0 spiro atoms. The predicted octanol–water partition coefficient (Wildman–Crippen LogP) is 1.35. The summed E-state index contributed by atoms with van der Waals surface area (Å²) in [6, 6.07) is 4.25. The van der Waals surface area contributed by atoms with Crippen LogP contribution in [-0.4, -0.2) is 25.5 Å². The lowest BCUT2D eigenvalue weighted by Crippen LogP contribution is -2.44. The lowest BCUT2D eigenvalue weighted by atomic mass is 10.1. The highest BCUT2D eigenvalue weighted by Gasteiger charge is 2.27. The molecule has 106 valence electrons. The number of carboxylic acid groups (broad SMARTS) is 1. The van der Waals surface area contributed by atoms with Crippen molar-refractivity contribution in [3.05, 3.63) is 35.6 Å². The minimum absolute atomic E-state index is 0.00268. The van der Waals surface area contributed by atoms with Crippen molar-refractivity contribution < 1.29 is 22.7 Å². The molecule has 1 aromatic carbocycles. The summed E-state index contributed by atoms with van der Waals surface area (Å²) in [7, 11) is -3.92. The Balaban J connectivity index is 2.88. The number of carbonyl (C=O) groups is 1. The Labute approximate surface area is 111 Å². The van der Waals surface area contributed by atoms with Crippen molar-refractivity contribution in [2.45, 2.75) is 25.6 Å². The number of carboxylic acids is 1. The number of benzene rings is 1. The highest BCUT2D eigenvalue weighted by molar-refractivity contribution is 7.88. The van der Waals surface area contributed by atoms with Gasteiger partial charge in [-0.2, -0.15) is 0 Å². The van der Waals surface area contributed by atoms with Crippen LogP contribution in [0.15, 0.2) is 24.3 Å². The van der Waals surface area contributed by atoms with Crippen molar-refractivity contribution in [2.75, 3.05) is 0 Å². The first-order chi connectivity index (χ1) is 8.73. The Hall–Kier alpha value is -1.47. The average Bonchev–Trinajstić information content (AvgIpc) is 2.28. The van der Waals surface area contributed by atoms with Crippen molar-refractivity contribution in [3.63, 3.8) is 0 Å². The molecule has 1 aromatic rings. The number of nitrogens with one attached hydrogen (secondary N) is 1. The maximum Gasteiger partial charge on any atom is 0.321 e. The van der Waals surface area contributed by atoms with Gasteiger partial charge in [0, 0.05) is 5.56 Å². The standard InChI is InChI=1S/C12H16FNO4S/c1-8(2)11(12(15)16)14-19(17,18)7-9-5-3-4-6-10(9)13/h3-6,8,11,14H,7H2,1-2H3,(H,15,16)/t11-/m1/s1. The Morgan fingerprint density at radius 1 is 1.37 bits per heavy atom. The van der Waals surface area contributed by atoms with Gasteiger partial charge < -0.3 is 5.11 Å². The molecule has 5 nitrogen and oxygen atoms in total. The molecular weight excluding hydrogens is 273 g/mol. The summed E-state index contributed by atoms with van der Waals surface area (Å²) in [5, 5.41) is 8.93. The van der Waals surface area contributed by atoms with Gasteiger partial charge in [-0.25, -0.2) is 17.5 Å². The van der Waals surface area contributed by atoms with E-state index in [9.17, 15) is 17.6 Å².